The summed E-state index contributed by atoms with van der Waals surface area (Å²) in [7, 11) is 0. The van der Waals surface area contributed by atoms with Crippen LogP contribution < -0.4 is 5.32 Å². The summed E-state index contributed by atoms with van der Waals surface area (Å²) in [4.78, 5) is 17.9. The van der Waals surface area contributed by atoms with Crippen molar-refractivity contribution < 1.29 is 4.79 Å². The Morgan fingerprint density at radius 2 is 2.12 bits per heavy atom. The number of H-pyrrole nitrogens is 1. The molecule has 0 unspecified atom stereocenters. The van der Waals surface area contributed by atoms with Gasteiger partial charge in [-0.25, -0.2) is 4.98 Å². The van der Waals surface area contributed by atoms with Crippen molar-refractivity contribution in [3.63, 3.8) is 0 Å². The molecule has 6 nitrogen and oxygen atoms in total. The van der Waals surface area contributed by atoms with Crippen LogP contribution in [0.25, 0.3) is 0 Å². The van der Waals surface area contributed by atoms with Gasteiger partial charge in [0, 0.05) is 6.54 Å². The molecule has 0 aliphatic heterocycles. The summed E-state index contributed by atoms with van der Waals surface area (Å²) in [5.74, 6) is 0.650. The van der Waals surface area contributed by atoms with Crippen molar-refractivity contribution in [2.75, 3.05) is 26.2 Å². The molecule has 1 aromatic rings. The van der Waals surface area contributed by atoms with Gasteiger partial charge in [0.2, 0.25) is 5.82 Å². The number of carbonyl (C=O) groups is 1. The lowest BCUT2D eigenvalue weighted by atomic mass is 10.3. The lowest BCUT2D eigenvalue weighted by Crippen LogP contribution is -2.30. The van der Waals surface area contributed by atoms with E-state index in [0.29, 0.717) is 12.4 Å². The number of rotatable bonds is 7. The van der Waals surface area contributed by atoms with Gasteiger partial charge in [-0.2, -0.15) is 0 Å². The maximum Gasteiger partial charge on any atom is 0.290 e. The van der Waals surface area contributed by atoms with E-state index in [-0.39, 0.29) is 11.7 Å². The maximum atomic E-state index is 11.6. The molecule has 6 heteroatoms. The zero-order chi connectivity index (χ0) is 12.7. The third-order valence-electron chi connectivity index (χ3n) is 2.63. The number of aryl methyl sites for hydroxylation is 1. The highest BCUT2D eigenvalue weighted by Crippen LogP contribution is 1.92. The first-order valence-electron chi connectivity index (χ1n) is 6.07. The van der Waals surface area contributed by atoms with Gasteiger partial charge < -0.3 is 10.2 Å². The number of amides is 1. The lowest BCUT2D eigenvalue weighted by molar-refractivity contribution is 0.0942. The van der Waals surface area contributed by atoms with Crippen LogP contribution in [0.5, 0.6) is 0 Å². The van der Waals surface area contributed by atoms with E-state index in [9.17, 15) is 4.79 Å². The topological polar surface area (TPSA) is 73.9 Å². The number of hydrogen-bond acceptors (Lipinski definition) is 4. The van der Waals surface area contributed by atoms with Crippen LogP contribution in [0.2, 0.25) is 0 Å². The molecule has 1 aromatic heterocycles. The maximum absolute atomic E-state index is 11.6. The first-order chi connectivity index (χ1) is 8.17. The number of nitrogens with one attached hydrogen (secondary N) is 2. The molecule has 0 radical (unpaired) electrons. The van der Waals surface area contributed by atoms with Gasteiger partial charge in [0.05, 0.1) is 0 Å². The Labute approximate surface area is 102 Å². The minimum atomic E-state index is -0.214. The zero-order valence-corrected chi connectivity index (χ0v) is 10.8. The van der Waals surface area contributed by atoms with Crippen molar-refractivity contribution in [3.05, 3.63) is 11.6 Å². The molecular formula is C11H21N5O. The van der Waals surface area contributed by atoms with Crippen molar-refractivity contribution in [2.45, 2.75) is 27.2 Å². The Morgan fingerprint density at radius 3 is 2.65 bits per heavy atom. The molecule has 0 bridgehead atoms. The van der Waals surface area contributed by atoms with Crippen molar-refractivity contribution in [3.8, 4) is 0 Å². The largest absolute Gasteiger partial charge is 0.349 e. The monoisotopic (exact) mass is 239 g/mol. The molecule has 0 aromatic carbocycles. The number of aromatic amines is 1. The van der Waals surface area contributed by atoms with E-state index < -0.39 is 0 Å². The molecule has 1 rings (SSSR count). The molecule has 0 saturated heterocycles. The Morgan fingerprint density at radius 1 is 1.41 bits per heavy atom. The molecule has 1 amide bonds. The summed E-state index contributed by atoms with van der Waals surface area (Å²) in [6, 6.07) is 0. The average molecular weight is 239 g/mol. The Balaban J connectivity index is 2.21. The highest BCUT2D eigenvalue weighted by atomic mass is 16.2. The molecule has 17 heavy (non-hydrogen) atoms. The predicted octanol–water partition coefficient (Wildman–Crippen LogP) is 0.575. The average Bonchev–Trinajstić information content (AvgIpc) is 2.76. The summed E-state index contributed by atoms with van der Waals surface area (Å²) in [5.41, 5.74) is 0. The Hall–Kier alpha value is -1.43. The SMILES string of the molecule is CCN(CC)CCCNC(=O)c1n[nH]c(C)n1. The van der Waals surface area contributed by atoms with E-state index in [2.05, 4.69) is 39.2 Å². The highest BCUT2D eigenvalue weighted by Gasteiger charge is 2.09. The lowest BCUT2D eigenvalue weighted by Gasteiger charge is -2.17. The van der Waals surface area contributed by atoms with E-state index in [1.165, 1.54) is 0 Å². The predicted molar refractivity (Wildman–Crippen MR) is 65.9 cm³/mol. The number of hydrogen-bond donors (Lipinski definition) is 2. The smallest absolute Gasteiger partial charge is 0.290 e. The molecule has 0 aliphatic rings. The molecule has 96 valence electrons. The molecule has 0 fully saturated rings. The second-order valence-electron chi connectivity index (χ2n) is 3.88. The second kappa shape index (κ2) is 7.01. The van der Waals surface area contributed by atoms with Gasteiger partial charge in [0.25, 0.3) is 5.91 Å². The number of nitrogens with zero attached hydrogens (tertiary/aromatic N) is 3. The first kappa shape index (κ1) is 13.6. The van der Waals surface area contributed by atoms with Gasteiger partial charge in [-0.15, -0.1) is 5.10 Å². The van der Waals surface area contributed by atoms with Crippen LogP contribution in [0, 0.1) is 6.92 Å². The van der Waals surface area contributed by atoms with E-state index in [0.717, 1.165) is 26.1 Å². The van der Waals surface area contributed by atoms with Crippen LogP contribution in [0.1, 0.15) is 36.7 Å². The van der Waals surface area contributed by atoms with Crippen LogP contribution in [-0.4, -0.2) is 52.2 Å². The summed E-state index contributed by atoms with van der Waals surface area (Å²) in [5, 5.41) is 9.25. The van der Waals surface area contributed by atoms with Gasteiger partial charge in [-0.1, -0.05) is 13.8 Å². The Bertz CT molecular complexity index is 345. The van der Waals surface area contributed by atoms with Crippen molar-refractivity contribution in [2.24, 2.45) is 0 Å². The van der Waals surface area contributed by atoms with Gasteiger partial charge in [0.1, 0.15) is 5.82 Å². The van der Waals surface area contributed by atoms with E-state index in [4.69, 9.17) is 0 Å². The number of aromatic nitrogens is 3. The van der Waals surface area contributed by atoms with Gasteiger partial charge >= 0.3 is 0 Å². The molecular weight excluding hydrogens is 218 g/mol. The molecule has 2 N–H and O–H groups in total. The zero-order valence-electron chi connectivity index (χ0n) is 10.8. The van der Waals surface area contributed by atoms with Gasteiger partial charge in [-0.3, -0.25) is 9.89 Å². The molecule has 0 saturated carbocycles. The van der Waals surface area contributed by atoms with Crippen molar-refractivity contribution >= 4 is 5.91 Å². The summed E-state index contributed by atoms with van der Waals surface area (Å²) in [6.07, 6.45) is 0.941. The van der Waals surface area contributed by atoms with Crippen LogP contribution in [0.3, 0.4) is 0 Å². The van der Waals surface area contributed by atoms with E-state index >= 15 is 0 Å². The minimum absolute atomic E-state index is 0.213. The fraction of sp³-hybridized carbons (Fsp3) is 0.727. The standard InChI is InChI=1S/C11H21N5O/c1-4-16(5-2)8-6-7-12-11(17)10-13-9(3)14-15-10/h4-8H2,1-3H3,(H,12,17)(H,13,14,15). The highest BCUT2D eigenvalue weighted by molar-refractivity contribution is 5.90. The van der Waals surface area contributed by atoms with Crippen LogP contribution in [-0.2, 0) is 0 Å². The summed E-state index contributed by atoms with van der Waals surface area (Å²) in [6.45, 7) is 9.79. The van der Waals surface area contributed by atoms with E-state index in [1.54, 1.807) is 6.92 Å². The van der Waals surface area contributed by atoms with Crippen molar-refractivity contribution in [1.29, 1.82) is 0 Å². The normalized spacial score (nSPS) is 10.8. The fourth-order valence-electron chi connectivity index (χ4n) is 1.57. The van der Waals surface area contributed by atoms with Crippen LogP contribution >= 0.6 is 0 Å². The second-order valence-corrected chi connectivity index (χ2v) is 3.88. The van der Waals surface area contributed by atoms with E-state index in [1.807, 2.05) is 0 Å². The van der Waals surface area contributed by atoms with Gasteiger partial charge in [0.15, 0.2) is 0 Å². The van der Waals surface area contributed by atoms with Crippen LogP contribution in [0.4, 0.5) is 0 Å². The molecule has 1 heterocycles. The van der Waals surface area contributed by atoms with Gasteiger partial charge in [-0.05, 0) is 33.0 Å². The summed E-state index contributed by atoms with van der Waals surface area (Å²) < 4.78 is 0. The quantitative estimate of drug-likeness (QED) is 0.682. The third kappa shape index (κ3) is 4.52. The van der Waals surface area contributed by atoms with Crippen molar-refractivity contribution in [1.82, 2.24) is 25.4 Å². The minimum Gasteiger partial charge on any atom is -0.349 e. The fourth-order valence-corrected chi connectivity index (χ4v) is 1.57. The molecule has 0 aliphatic carbocycles. The molecule has 0 spiro atoms. The third-order valence-corrected chi connectivity index (χ3v) is 2.63. The molecule has 0 atom stereocenters. The first-order valence-corrected chi connectivity index (χ1v) is 6.07. The summed E-state index contributed by atoms with van der Waals surface area (Å²) >= 11 is 0. The van der Waals surface area contributed by atoms with Crippen LogP contribution in [0.15, 0.2) is 0 Å². The Kier molecular flexibility index (Phi) is 5.62. The number of carbonyl (C=O) groups excluding carboxylic acids is 1.